The predicted molar refractivity (Wildman–Crippen MR) is 70.6 cm³/mol. The van der Waals surface area contributed by atoms with Crippen LogP contribution < -0.4 is 5.32 Å². The molecule has 8 heteroatoms. The molecule has 1 atom stereocenters. The smallest absolute Gasteiger partial charge is 0.326 e. The summed E-state index contributed by atoms with van der Waals surface area (Å²) in [5.41, 5.74) is 0.777. The monoisotopic (exact) mass is 293 g/mol. The average Bonchev–Trinajstić information content (AvgIpc) is 2.94. The number of benzene rings is 1. The molecular formula is C12H11N3O4S. The quantitative estimate of drug-likeness (QED) is 0.747. The van der Waals surface area contributed by atoms with E-state index in [9.17, 15) is 14.7 Å². The number of phenolic OH excluding ortho intramolecular Hbond substituents is 1. The highest BCUT2D eigenvalue weighted by atomic mass is 32.1. The number of hydrogen-bond donors (Lipinski definition) is 3. The number of amides is 1. The minimum Gasteiger partial charge on any atom is -0.508 e. The summed E-state index contributed by atoms with van der Waals surface area (Å²) in [7, 11) is 0. The molecule has 0 saturated carbocycles. The van der Waals surface area contributed by atoms with Crippen LogP contribution in [0.1, 0.15) is 16.1 Å². The maximum atomic E-state index is 11.8. The Bertz CT molecular complexity index is 598. The summed E-state index contributed by atoms with van der Waals surface area (Å²) in [6.07, 6.45) is 0.110. The largest absolute Gasteiger partial charge is 0.508 e. The molecule has 104 valence electrons. The summed E-state index contributed by atoms with van der Waals surface area (Å²) < 4.78 is 3.54. The number of aliphatic carboxylic acids is 1. The van der Waals surface area contributed by atoms with Crippen LogP contribution in [-0.2, 0) is 11.2 Å². The fourth-order valence-corrected chi connectivity index (χ4v) is 2.00. The number of rotatable bonds is 5. The number of carboxylic acid groups (broad SMARTS) is 1. The molecule has 0 radical (unpaired) electrons. The predicted octanol–water partition coefficient (Wildman–Crippen LogP) is 0.669. The maximum absolute atomic E-state index is 11.8. The number of carboxylic acids is 1. The Morgan fingerprint density at radius 2 is 2.00 bits per heavy atom. The van der Waals surface area contributed by atoms with Crippen LogP contribution in [0.25, 0.3) is 0 Å². The van der Waals surface area contributed by atoms with E-state index in [4.69, 9.17) is 5.11 Å². The second-order valence-electron chi connectivity index (χ2n) is 4.03. The van der Waals surface area contributed by atoms with Gasteiger partial charge in [-0.05, 0) is 29.2 Å². The maximum Gasteiger partial charge on any atom is 0.326 e. The number of aromatic nitrogens is 2. The van der Waals surface area contributed by atoms with Crippen molar-refractivity contribution < 1.29 is 19.8 Å². The topological polar surface area (TPSA) is 112 Å². The molecule has 0 bridgehead atoms. The first-order valence-corrected chi connectivity index (χ1v) is 6.48. The first-order chi connectivity index (χ1) is 9.56. The zero-order valence-electron chi connectivity index (χ0n) is 10.2. The van der Waals surface area contributed by atoms with Crippen molar-refractivity contribution in [2.75, 3.05) is 0 Å². The Kier molecular flexibility index (Phi) is 4.26. The molecule has 7 nitrogen and oxygen atoms in total. The third-order valence-corrected chi connectivity index (χ3v) is 3.08. The van der Waals surface area contributed by atoms with E-state index < -0.39 is 17.9 Å². The molecule has 1 aromatic carbocycles. The molecule has 2 rings (SSSR count). The van der Waals surface area contributed by atoms with E-state index in [1.54, 1.807) is 12.1 Å². The number of carbonyl (C=O) groups excluding carboxylic acids is 1. The molecular weight excluding hydrogens is 282 g/mol. The Hall–Kier alpha value is -2.48. The third kappa shape index (κ3) is 3.51. The molecule has 0 aliphatic carbocycles. The highest BCUT2D eigenvalue weighted by Gasteiger charge is 2.22. The van der Waals surface area contributed by atoms with Gasteiger partial charge in [-0.1, -0.05) is 16.6 Å². The van der Waals surface area contributed by atoms with Crippen molar-refractivity contribution in [3.63, 3.8) is 0 Å². The summed E-state index contributed by atoms with van der Waals surface area (Å²) in [5.74, 6) is -1.63. The molecule has 0 aliphatic rings. The van der Waals surface area contributed by atoms with E-state index in [2.05, 4.69) is 14.9 Å². The Balaban J connectivity index is 2.06. The number of nitrogens with zero attached hydrogens (tertiary/aromatic N) is 2. The highest BCUT2D eigenvalue weighted by Crippen LogP contribution is 2.11. The summed E-state index contributed by atoms with van der Waals surface area (Å²) in [5, 5.41) is 25.7. The Morgan fingerprint density at radius 1 is 1.30 bits per heavy atom. The van der Waals surface area contributed by atoms with Crippen LogP contribution in [0.5, 0.6) is 5.75 Å². The van der Waals surface area contributed by atoms with E-state index in [0.29, 0.717) is 5.56 Å². The van der Waals surface area contributed by atoms with Crippen molar-refractivity contribution in [1.29, 1.82) is 0 Å². The fourth-order valence-electron chi connectivity index (χ4n) is 1.56. The van der Waals surface area contributed by atoms with Crippen LogP contribution in [0.3, 0.4) is 0 Å². The molecule has 1 aromatic heterocycles. The van der Waals surface area contributed by atoms with Gasteiger partial charge in [0.25, 0.3) is 5.91 Å². The Labute approximate surface area is 118 Å². The van der Waals surface area contributed by atoms with Crippen LogP contribution >= 0.6 is 11.5 Å². The summed E-state index contributed by atoms with van der Waals surface area (Å²) in [6, 6.07) is 5.04. The van der Waals surface area contributed by atoms with Gasteiger partial charge in [0.1, 0.15) is 11.8 Å². The summed E-state index contributed by atoms with van der Waals surface area (Å²) in [4.78, 5) is 22.9. The van der Waals surface area contributed by atoms with Crippen molar-refractivity contribution in [2.24, 2.45) is 0 Å². The second-order valence-corrected chi connectivity index (χ2v) is 4.63. The van der Waals surface area contributed by atoms with Gasteiger partial charge in [0, 0.05) is 11.8 Å². The number of aromatic hydroxyl groups is 1. The number of carbonyl (C=O) groups is 2. The number of phenols is 1. The van der Waals surface area contributed by atoms with Crippen LogP contribution in [0, 0.1) is 0 Å². The van der Waals surface area contributed by atoms with Crippen molar-refractivity contribution in [3.8, 4) is 5.75 Å². The van der Waals surface area contributed by atoms with E-state index in [1.165, 1.54) is 17.5 Å². The Morgan fingerprint density at radius 3 is 2.55 bits per heavy atom. The van der Waals surface area contributed by atoms with Gasteiger partial charge in [0.05, 0.1) is 0 Å². The first-order valence-electron chi connectivity index (χ1n) is 5.65. The lowest BCUT2D eigenvalue weighted by Gasteiger charge is -2.13. The van der Waals surface area contributed by atoms with Crippen LogP contribution in [0.15, 0.2) is 29.6 Å². The van der Waals surface area contributed by atoms with Gasteiger partial charge in [-0.2, -0.15) is 0 Å². The molecule has 0 saturated heterocycles. The molecule has 3 N–H and O–H groups in total. The molecule has 0 spiro atoms. The lowest BCUT2D eigenvalue weighted by Crippen LogP contribution is -2.42. The third-order valence-electron chi connectivity index (χ3n) is 2.57. The van der Waals surface area contributed by atoms with Gasteiger partial charge < -0.3 is 15.5 Å². The van der Waals surface area contributed by atoms with Crippen molar-refractivity contribution in [2.45, 2.75) is 12.5 Å². The summed E-state index contributed by atoms with van der Waals surface area (Å²) >= 11 is 1.01. The standard InChI is InChI=1S/C12H11N3O4S/c16-8-3-1-7(2-4-8)5-9(12(18)19)13-11(17)10-6-20-15-14-10/h1-4,6,9,16H,5H2,(H,13,17)(H,18,19)/t9-/m0/s1. The zero-order valence-corrected chi connectivity index (χ0v) is 11.0. The van der Waals surface area contributed by atoms with E-state index in [-0.39, 0.29) is 17.9 Å². The van der Waals surface area contributed by atoms with E-state index >= 15 is 0 Å². The first kappa shape index (κ1) is 13.9. The van der Waals surface area contributed by atoms with Crippen molar-refractivity contribution >= 4 is 23.4 Å². The normalized spacial score (nSPS) is 11.8. The van der Waals surface area contributed by atoms with Gasteiger partial charge in [-0.25, -0.2) is 4.79 Å². The lowest BCUT2D eigenvalue weighted by molar-refractivity contribution is -0.139. The van der Waals surface area contributed by atoms with Crippen LogP contribution in [0.2, 0.25) is 0 Å². The average molecular weight is 293 g/mol. The van der Waals surface area contributed by atoms with Crippen molar-refractivity contribution in [3.05, 3.63) is 40.9 Å². The summed E-state index contributed by atoms with van der Waals surface area (Å²) in [6.45, 7) is 0. The van der Waals surface area contributed by atoms with Crippen LogP contribution in [0.4, 0.5) is 0 Å². The fraction of sp³-hybridized carbons (Fsp3) is 0.167. The molecule has 2 aromatic rings. The minimum absolute atomic E-state index is 0.0898. The van der Waals surface area contributed by atoms with Gasteiger partial charge in [0.2, 0.25) is 0 Å². The van der Waals surface area contributed by atoms with E-state index in [1.807, 2.05) is 0 Å². The van der Waals surface area contributed by atoms with Crippen LogP contribution in [-0.4, -0.2) is 37.7 Å². The minimum atomic E-state index is -1.14. The number of nitrogens with one attached hydrogen (secondary N) is 1. The zero-order chi connectivity index (χ0) is 14.5. The van der Waals surface area contributed by atoms with Crippen molar-refractivity contribution in [1.82, 2.24) is 14.9 Å². The second kappa shape index (κ2) is 6.11. The van der Waals surface area contributed by atoms with Gasteiger partial charge in [-0.3, -0.25) is 4.79 Å². The number of hydrogen-bond acceptors (Lipinski definition) is 6. The highest BCUT2D eigenvalue weighted by molar-refractivity contribution is 7.03. The SMILES string of the molecule is O=C(N[C@@H](Cc1ccc(O)cc1)C(=O)O)c1csnn1. The molecule has 1 heterocycles. The van der Waals surface area contributed by atoms with E-state index in [0.717, 1.165) is 11.5 Å². The molecule has 0 unspecified atom stereocenters. The molecule has 1 amide bonds. The van der Waals surface area contributed by atoms with Gasteiger partial charge in [0.15, 0.2) is 5.69 Å². The van der Waals surface area contributed by atoms with Gasteiger partial charge >= 0.3 is 5.97 Å². The lowest BCUT2D eigenvalue weighted by atomic mass is 10.1. The molecule has 20 heavy (non-hydrogen) atoms. The molecule has 0 fully saturated rings. The van der Waals surface area contributed by atoms with Gasteiger partial charge in [-0.15, -0.1) is 5.10 Å². The molecule has 0 aliphatic heterocycles.